The molecule has 1 amide bonds. The second kappa shape index (κ2) is 8.12. The van der Waals surface area contributed by atoms with Crippen molar-refractivity contribution in [1.29, 1.82) is 0 Å². The molecule has 1 aliphatic rings. The van der Waals surface area contributed by atoms with Gasteiger partial charge in [0.15, 0.2) is 0 Å². The molecule has 5 nitrogen and oxygen atoms in total. The highest BCUT2D eigenvalue weighted by molar-refractivity contribution is 7.92. The van der Waals surface area contributed by atoms with E-state index >= 15 is 0 Å². The number of carbonyl (C=O) groups is 1. The SMILES string of the molecule is O=C(Nc1ccc2c(c1)N(S(=O)(=O)c1ccc(Cl)cc1)CC2)c1ccc(Cl)cc1Cl. The highest BCUT2D eigenvalue weighted by Crippen LogP contribution is 2.35. The zero-order valence-electron chi connectivity index (χ0n) is 15.4. The number of rotatable bonds is 4. The third-order valence-electron chi connectivity index (χ3n) is 4.77. The van der Waals surface area contributed by atoms with E-state index < -0.39 is 15.9 Å². The third kappa shape index (κ3) is 4.01. The quantitative estimate of drug-likeness (QED) is 0.523. The van der Waals surface area contributed by atoms with Gasteiger partial charge in [0.2, 0.25) is 0 Å². The lowest BCUT2D eigenvalue weighted by Gasteiger charge is -2.20. The summed E-state index contributed by atoms with van der Waals surface area (Å²) in [5.74, 6) is -0.415. The minimum atomic E-state index is -3.75. The van der Waals surface area contributed by atoms with Gasteiger partial charge >= 0.3 is 0 Å². The minimum absolute atomic E-state index is 0.155. The van der Waals surface area contributed by atoms with Crippen molar-refractivity contribution in [1.82, 2.24) is 0 Å². The van der Waals surface area contributed by atoms with Gasteiger partial charge in [0, 0.05) is 22.3 Å². The molecular weight excluding hydrogens is 467 g/mol. The summed E-state index contributed by atoms with van der Waals surface area (Å²) < 4.78 is 27.6. The number of benzene rings is 3. The predicted molar refractivity (Wildman–Crippen MR) is 121 cm³/mol. The molecule has 9 heteroatoms. The summed E-state index contributed by atoms with van der Waals surface area (Å²) in [5, 5.41) is 3.88. The van der Waals surface area contributed by atoms with Gasteiger partial charge in [-0.3, -0.25) is 9.10 Å². The van der Waals surface area contributed by atoms with Gasteiger partial charge in [0.1, 0.15) is 0 Å². The lowest BCUT2D eigenvalue weighted by atomic mass is 10.1. The molecule has 0 radical (unpaired) electrons. The van der Waals surface area contributed by atoms with Gasteiger partial charge < -0.3 is 5.32 Å². The number of amides is 1. The Hall–Kier alpha value is -2.25. The Labute approximate surface area is 189 Å². The summed E-state index contributed by atoms with van der Waals surface area (Å²) in [6, 6.07) is 15.8. The van der Waals surface area contributed by atoms with E-state index in [0.717, 1.165) is 5.56 Å². The molecule has 0 spiro atoms. The molecule has 0 aliphatic carbocycles. The zero-order valence-corrected chi connectivity index (χ0v) is 18.5. The second-order valence-corrected chi connectivity index (χ2v) is 9.85. The number of nitrogens with zero attached hydrogens (tertiary/aromatic N) is 1. The van der Waals surface area contributed by atoms with E-state index in [2.05, 4.69) is 5.32 Å². The average Bonchev–Trinajstić information content (AvgIpc) is 3.12. The van der Waals surface area contributed by atoms with E-state index in [9.17, 15) is 13.2 Å². The fraction of sp³-hybridized carbons (Fsp3) is 0.0952. The molecular formula is C21H15Cl3N2O3S. The third-order valence-corrected chi connectivity index (χ3v) is 7.40. The molecule has 1 heterocycles. The molecule has 0 saturated carbocycles. The Kier molecular flexibility index (Phi) is 5.68. The van der Waals surface area contributed by atoms with Gasteiger partial charge in [-0.2, -0.15) is 0 Å². The number of sulfonamides is 1. The summed E-state index contributed by atoms with van der Waals surface area (Å²) in [4.78, 5) is 12.7. The normalized spacial score (nSPS) is 13.2. The number of hydrogen-bond acceptors (Lipinski definition) is 3. The van der Waals surface area contributed by atoms with Gasteiger partial charge in [0.25, 0.3) is 15.9 Å². The van der Waals surface area contributed by atoms with Crippen LogP contribution in [-0.2, 0) is 16.4 Å². The van der Waals surface area contributed by atoms with Gasteiger partial charge in [0.05, 0.1) is 21.2 Å². The van der Waals surface area contributed by atoms with Gasteiger partial charge in [-0.15, -0.1) is 0 Å². The van der Waals surface area contributed by atoms with Crippen LogP contribution < -0.4 is 9.62 Å². The number of nitrogens with one attached hydrogen (secondary N) is 1. The van der Waals surface area contributed by atoms with Crippen LogP contribution in [0, 0.1) is 0 Å². The van der Waals surface area contributed by atoms with Crippen LogP contribution in [0.1, 0.15) is 15.9 Å². The summed E-state index contributed by atoms with van der Waals surface area (Å²) in [6.07, 6.45) is 0.583. The Bertz CT molecular complexity index is 1240. The van der Waals surface area contributed by atoms with Crippen LogP contribution in [-0.4, -0.2) is 20.9 Å². The molecule has 0 aromatic heterocycles. The van der Waals surface area contributed by atoms with Gasteiger partial charge in [-0.25, -0.2) is 8.42 Å². The molecule has 1 aliphatic heterocycles. The molecule has 0 unspecified atom stereocenters. The largest absolute Gasteiger partial charge is 0.322 e. The molecule has 30 heavy (non-hydrogen) atoms. The van der Waals surface area contributed by atoms with Crippen LogP contribution in [0.4, 0.5) is 11.4 Å². The van der Waals surface area contributed by atoms with Crippen molar-refractivity contribution >= 4 is 62.1 Å². The molecule has 0 saturated heterocycles. The van der Waals surface area contributed by atoms with Gasteiger partial charge in [-0.1, -0.05) is 40.9 Å². The van der Waals surface area contributed by atoms with E-state index in [-0.39, 0.29) is 15.5 Å². The summed E-state index contributed by atoms with van der Waals surface area (Å²) in [5.41, 5.74) is 2.15. The van der Waals surface area contributed by atoms with E-state index in [1.54, 1.807) is 18.2 Å². The van der Waals surface area contributed by atoms with E-state index in [1.165, 1.54) is 40.7 Å². The van der Waals surface area contributed by atoms with Crippen LogP contribution in [0.2, 0.25) is 15.1 Å². The first-order chi connectivity index (χ1) is 14.3. The maximum Gasteiger partial charge on any atom is 0.264 e. The maximum atomic E-state index is 13.1. The monoisotopic (exact) mass is 480 g/mol. The Morgan fingerprint density at radius 3 is 2.30 bits per heavy atom. The van der Waals surface area contributed by atoms with Crippen LogP contribution >= 0.6 is 34.8 Å². The molecule has 1 N–H and O–H groups in total. The van der Waals surface area contributed by atoms with Crippen molar-refractivity contribution in [2.24, 2.45) is 0 Å². The number of halogens is 3. The van der Waals surface area contributed by atoms with Crippen molar-refractivity contribution in [2.45, 2.75) is 11.3 Å². The predicted octanol–water partition coefficient (Wildman–Crippen LogP) is 5.65. The highest BCUT2D eigenvalue weighted by atomic mass is 35.5. The van der Waals surface area contributed by atoms with Crippen molar-refractivity contribution < 1.29 is 13.2 Å². The standard InChI is InChI=1S/C21H15Cl3N2O3S/c22-14-2-6-17(7-3-14)30(28,29)26-10-9-13-1-5-16(12-20(13)26)25-21(27)18-8-4-15(23)11-19(18)24/h1-8,11-12H,9-10H2,(H,25,27). The first kappa shape index (κ1) is 21.0. The number of fused-ring (bicyclic) bond motifs is 1. The summed E-state index contributed by atoms with van der Waals surface area (Å²) in [7, 11) is -3.75. The topological polar surface area (TPSA) is 66.5 Å². The molecule has 3 aromatic carbocycles. The van der Waals surface area contributed by atoms with Crippen molar-refractivity contribution in [3.8, 4) is 0 Å². The van der Waals surface area contributed by atoms with Crippen LogP contribution in [0.5, 0.6) is 0 Å². The number of carbonyl (C=O) groups excluding carboxylic acids is 1. The van der Waals surface area contributed by atoms with Gasteiger partial charge in [-0.05, 0) is 66.6 Å². The van der Waals surface area contributed by atoms with Crippen molar-refractivity contribution in [3.63, 3.8) is 0 Å². The lowest BCUT2D eigenvalue weighted by Crippen LogP contribution is -2.29. The second-order valence-electron chi connectivity index (χ2n) is 6.70. The lowest BCUT2D eigenvalue weighted by molar-refractivity contribution is 0.102. The Balaban J connectivity index is 1.63. The number of hydrogen-bond donors (Lipinski definition) is 1. The highest BCUT2D eigenvalue weighted by Gasteiger charge is 2.31. The fourth-order valence-electron chi connectivity index (χ4n) is 3.28. The maximum absolute atomic E-state index is 13.1. The zero-order chi connectivity index (χ0) is 21.5. The first-order valence-corrected chi connectivity index (χ1v) is 11.5. The van der Waals surface area contributed by atoms with E-state index in [4.69, 9.17) is 34.8 Å². The molecule has 0 fully saturated rings. The average molecular weight is 482 g/mol. The first-order valence-electron chi connectivity index (χ1n) is 8.93. The van der Waals surface area contributed by atoms with Crippen LogP contribution in [0.25, 0.3) is 0 Å². The number of anilines is 2. The fourth-order valence-corrected chi connectivity index (χ4v) is 5.40. The molecule has 0 bridgehead atoms. The van der Waals surface area contributed by atoms with Crippen LogP contribution in [0.15, 0.2) is 65.6 Å². The minimum Gasteiger partial charge on any atom is -0.322 e. The summed E-state index contributed by atoms with van der Waals surface area (Å²) in [6.45, 7) is 0.320. The molecule has 4 rings (SSSR count). The molecule has 154 valence electrons. The molecule has 3 aromatic rings. The summed E-state index contributed by atoms with van der Waals surface area (Å²) >= 11 is 17.9. The van der Waals surface area contributed by atoms with E-state index in [1.807, 2.05) is 6.07 Å². The molecule has 0 atom stereocenters. The van der Waals surface area contributed by atoms with Crippen LogP contribution in [0.3, 0.4) is 0 Å². The smallest absolute Gasteiger partial charge is 0.264 e. The van der Waals surface area contributed by atoms with Crippen molar-refractivity contribution in [2.75, 3.05) is 16.2 Å². The van der Waals surface area contributed by atoms with Crippen molar-refractivity contribution in [3.05, 3.63) is 86.9 Å². The Morgan fingerprint density at radius 2 is 1.60 bits per heavy atom. The Morgan fingerprint density at radius 1 is 0.900 bits per heavy atom. The van der Waals surface area contributed by atoms with E-state index in [0.29, 0.717) is 34.4 Å².